The average molecular weight is 223 g/mol. The molecule has 1 N–H and O–H groups in total. The van der Waals surface area contributed by atoms with Gasteiger partial charge in [0.05, 0.1) is 12.2 Å². The van der Waals surface area contributed by atoms with E-state index in [1.54, 1.807) is 0 Å². The molecule has 0 bridgehead atoms. The Balaban J connectivity index is 2.92. The van der Waals surface area contributed by atoms with Crippen LogP contribution in [0.5, 0.6) is 0 Å². The van der Waals surface area contributed by atoms with Crippen LogP contribution in [0.1, 0.15) is 54.0 Å². The first-order valence-electron chi connectivity index (χ1n) is 5.96. The molecule has 0 spiro atoms. The average Bonchev–Trinajstić information content (AvgIpc) is 2.51. The molecule has 0 atom stereocenters. The highest BCUT2D eigenvalue weighted by Gasteiger charge is 2.18. The molecule has 16 heavy (non-hydrogen) atoms. The molecule has 1 heterocycles. The molecule has 0 fully saturated rings. The van der Waals surface area contributed by atoms with E-state index in [0.717, 1.165) is 30.5 Å². The molecule has 0 radical (unpaired) electrons. The van der Waals surface area contributed by atoms with E-state index in [-0.39, 0.29) is 5.97 Å². The normalized spacial score (nSPS) is 10.5. The third kappa shape index (κ3) is 2.65. The zero-order valence-electron chi connectivity index (χ0n) is 10.6. The summed E-state index contributed by atoms with van der Waals surface area (Å²) in [6.45, 7) is 8.33. The molecule has 0 aliphatic carbocycles. The third-order valence-corrected chi connectivity index (χ3v) is 2.80. The Morgan fingerprint density at radius 3 is 2.56 bits per heavy atom. The van der Waals surface area contributed by atoms with Crippen LogP contribution in [0.4, 0.5) is 0 Å². The molecule has 1 aromatic heterocycles. The van der Waals surface area contributed by atoms with Crippen molar-refractivity contribution in [2.45, 2.75) is 47.0 Å². The van der Waals surface area contributed by atoms with Crippen molar-refractivity contribution < 1.29 is 9.53 Å². The van der Waals surface area contributed by atoms with Gasteiger partial charge in [0, 0.05) is 11.4 Å². The number of esters is 1. The number of hydrogen-bond donors (Lipinski definition) is 1. The Bertz CT molecular complexity index is 366. The van der Waals surface area contributed by atoms with Crippen LogP contribution in [0.3, 0.4) is 0 Å². The van der Waals surface area contributed by atoms with Gasteiger partial charge in [0.25, 0.3) is 0 Å². The predicted molar refractivity (Wildman–Crippen MR) is 64.8 cm³/mol. The number of aromatic nitrogens is 1. The second-order valence-corrected chi connectivity index (χ2v) is 4.05. The summed E-state index contributed by atoms with van der Waals surface area (Å²) in [7, 11) is 0. The van der Waals surface area contributed by atoms with Gasteiger partial charge in [-0.05, 0) is 39.2 Å². The molecule has 1 rings (SSSR count). The first-order chi connectivity index (χ1) is 7.61. The molecular formula is C13H21NO2. The van der Waals surface area contributed by atoms with E-state index < -0.39 is 0 Å². The van der Waals surface area contributed by atoms with E-state index in [0.29, 0.717) is 12.2 Å². The fourth-order valence-electron chi connectivity index (χ4n) is 1.93. The Morgan fingerprint density at radius 1 is 1.31 bits per heavy atom. The molecule has 0 aliphatic heterocycles. The molecule has 0 aromatic carbocycles. The minimum Gasteiger partial charge on any atom is -0.462 e. The maximum Gasteiger partial charge on any atom is 0.340 e. The van der Waals surface area contributed by atoms with Gasteiger partial charge in [0.15, 0.2) is 0 Å². The van der Waals surface area contributed by atoms with Crippen LogP contribution >= 0.6 is 0 Å². The zero-order chi connectivity index (χ0) is 12.1. The van der Waals surface area contributed by atoms with E-state index in [1.807, 2.05) is 20.8 Å². The lowest BCUT2D eigenvalue weighted by Crippen LogP contribution is -2.06. The van der Waals surface area contributed by atoms with Crippen molar-refractivity contribution in [2.75, 3.05) is 6.61 Å². The molecule has 90 valence electrons. The Morgan fingerprint density at radius 2 is 2.00 bits per heavy atom. The summed E-state index contributed by atoms with van der Waals surface area (Å²) in [6, 6.07) is 0. The number of rotatable bonds is 5. The topological polar surface area (TPSA) is 42.1 Å². The number of hydrogen-bond acceptors (Lipinski definition) is 2. The molecule has 3 nitrogen and oxygen atoms in total. The largest absolute Gasteiger partial charge is 0.462 e. The van der Waals surface area contributed by atoms with Gasteiger partial charge < -0.3 is 9.72 Å². The standard InChI is InChI=1S/C13H21NO2/c1-5-7-8-11-9(3)12(10(4)14-11)13(15)16-6-2/h14H,5-8H2,1-4H3. The summed E-state index contributed by atoms with van der Waals surface area (Å²) >= 11 is 0. The van der Waals surface area contributed by atoms with Gasteiger partial charge in [-0.25, -0.2) is 4.79 Å². The highest BCUT2D eigenvalue weighted by molar-refractivity contribution is 5.92. The van der Waals surface area contributed by atoms with Gasteiger partial charge in [-0.2, -0.15) is 0 Å². The number of carbonyl (C=O) groups excluding carboxylic acids is 1. The van der Waals surface area contributed by atoms with Crippen LogP contribution in [-0.2, 0) is 11.2 Å². The summed E-state index contributed by atoms with van der Waals surface area (Å²) in [4.78, 5) is 15.0. The monoisotopic (exact) mass is 223 g/mol. The van der Waals surface area contributed by atoms with E-state index in [2.05, 4.69) is 11.9 Å². The van der Waals surface area contributed by atoms with Gasteiger partial charge in [-0.1, -0.05) is 13.3 Å². The summed E-state index contributed by atoms with van der Waals surface area (Å²) in [5.41, 5.74) is 3.85. The summed E-state index contributed by atoms with van der Waals surface area (Å²) in [5, 5.41) is 0. The predicted octanol–water partition coefficient (Wildman–Crippen LogP) is 3.15. The fourth-order valence-corrected chi connectivity index (χ4v) is 1.93. The molecule has 3 heteroatoms. The van der Waals surface area contributed by atoms with E-state index >= 15 is 0 Å². The second kappa shape index (κ2) is 5.73. The number of aromatic amines is 1. The molecule has 0 aliphatic rings. The molecule has 0 unspecified atom stereocenters. The van der Waals surface area contributed by atoms with Crippen molar-refractivity contribution in [3.8, 4) is 0 Å². The number of carbonyl (C=O) groups is 1. The number of aryl methyl sites for hydroxylation is 2. The molecular weight excluding hydrogens is 202 g/mol. The molecule has 0 saturated carbocycles. The summed E-state index contributed by atoms with van der Waals surface area (Å²) < 4.78 is 5.05. The van der Waals surface area contributed by atoms with Gasteiger partial charge in [0.1, 0.15) is 0 Å². The van der Waals surface area contributed by atoms with Gasteiger partial charge in [-0.3, -0.25) is 0 Å². The SMILES string of the molecule is CCCCc1[nH]c(C)c(C(=O)OCC)c1C. The minimum absolute atomic E-state index is 0.212. The van der Waals surface area contributed by atoms with Crippen LogP contribution < -0.4 is 0 Å². The molecule has 0 amide bonds. The van der Waals surface area contributed by atoms with Crippen molar-refractivity contribution in [1.82, 2.24) is 4.98 Å². The van der Waals surface area contributed by atoms with Crippen molar-refractivity contribution >= 4 is 5.97 Å². The maximum atomic E-state index is 11.7. The van der Waals surface area contributed by atoms with Crippen molar-refractivity contribution in [2.24, 2.45) is 0 Å². The Hall–Kier alpha value is -1.25. The van der Waals surface area contributed by atoms with Crippen molar-refractivity contribution in [3.63, 3.8) is 0 Å². The maximum absolute atomic E-state index is 11.7. The smallest absolute Gasteiger partial charge is 0.340 e. The first-order valence-corrected chi connectivity index (χ1v) is 5.96. The Labute approximate surface area is 97.2 Å². The second-order valence-electron chi connectivity index (χ2n) is 4.05. The van der Waals surface area contributed by atoms with Crippen LogP contribution in [0.2, 0.25) is 0 Å². The van der Waals surface area contributed by atoms with E-state index in [4.69, 9.17) is 4.74 Å². The molecule has 0 saturated heterocycles. The lowest BCUT2D eigenvalue weighted by atomic mass is 10.1. The molecule has 1 aromatic rings. The zero-order valence-corrected chi connectivity index (χ0v) is 10.6. The fraction of sp³-hybridized carbons (Fsp3) is 0.615. The van der Waals surface area contributed by atoms with Gasteiger partial charge >= 0.3 is 5.97 Å². The van der Waals surface area contributed by atoms with Crippen LogP contribution in [-0.4, -0.2) is 17.6 Å². The van der Waals surface area contributed by atoms with Crippen LogP contribution in [0.15, 0.2) is 0 Å². The highest BCUT2D eigenvalue weighted by Crippen LogP contribution is 2.20. The third-order valence-electron chi connectivity index (χ3n) is 2.80. The van der Waals surface area contributed by atoms with Gasteiger partial charge in [0.2, 0.25) is 0 Å². The number of unbranched alkanes of at least 4 members (excludes halogenated alkanes) is 1. The highest BCUT2D eigenvalue weighted by atomic mass is 16.5. The van der Waals surface area contributed by atoms with Crippen molar-refractivity contribution in [1.29, 1.82) is 0 Å². The quantitative estimate of drug-likeness (QED) is 0.779. The van der Waals surface area contributed by atoms with E-state index in [9.17, 15) is 4.79 Å². The summed E-state index contributed by atoms with van der Waals surface area (Å²) in [5.74, 6) is -0.212. The number of nitrogens with one attached hydrogen (secondary N) is 1. The summed E-state index contributed by atoms with van der Waals surface area (Å²) in [6.07, 6.45) is 3.30. The first kappa shape index (κ1) is 12.8. The lowest BCUT2D eigenvalue weighted by molar-refractivity contribution is 0.0525. The van der Waals surface area contributed by atoms with E-state index in [1.165, 1.54) is 5.69 Å². The van der Waals surface area contributed by atoms with Crippen molar-refractivity contribution in [3.05, 3.63) is 22.5 Å². The lowest BCUT2D eigenvalue weighted by Gasteiger charge is -2.02. The number of ether oxygens (including phenoxy) is 1. The van der Waals surface area contributed by atoms with Crippen LogP contribution in [0.25, 0.3) is 0 Å². The van der Waals surface area contributed by atoms with Gasteiger partial charge in [-0.15, -0.1) is 0 Å². The minimum atomic E-state index is -0.212. The Kier molecular flexibility index (Phi) is 4.59. The number of H-pyrrole nitrogens is 1. The van der Waals surface area contributed by atoms with Crippen LogP contribution in [0, 0.1) is 13.8 Å².